The molecule has 3 heterocycles. The van der Waals surface area contributed by atoms with E-state index in [1.54, 1.807) is 41.7 Å². The second-order valence-electron chi connectivity index (χ2n) is 6.85. The van der Waals surface area contributed by atoms with E-state index in [1.165, 1.54) is 0 Å². The van der Waals surface area contributed by atoms with Crippen molar-refractivity contribution in [1.29, 1.82) is 0 Å². The number of carbonyl (C=O) groups excluding carboxylic acids is 1. The highest BCUT2D eigenvalue weighted by atomic mass is 16.3. The monoisotopic (exact) mass is 366 g/mol. The van der Waals surface area contributed by atoms with Gasteiger partial charge >= 0.3 is 0 Å². The van der Waals surface area contributed by atoms with Crippen LogP contribution in [0, 0.1) is 0 Å². The van der Waals surface area contributed by atoms with Gasteiger partial charge in [0.2, 0.25) is 0 Å². The van der Waals surface area contributed by atoms with E-state index in [1.807, 2.05) is 22.4 Å². The molecule has 8 nitrogen and oxygen atoms in total. The molecule has 8 heteroatoms. The molecule has 140 valence electrons. The lowest BCUT2D eigenvalue weighted by Gasteiger charge is -2.31. The highest BCUT2D eigenvalue weighted by Gasteiger charge is 2.28. The van der Waals surface area contributed by atoms with E-state index in [0.717, 1.165) is 24.5 Å². The molecule has 0 spiro atoms. The molecule has 1 saturated heterocycles. The first-order chi connectivity index (χ1) is 13.1. The van der Waals surface area contributed by atoms with Gasteiger partial charge in [-0.2, -0.15) is 0 Å². The number of aromatic hydroxyl groups is 1. The molecule has 0 unspecified atom stereocenters. The summed E-state index contributed by atoms with van der Waals surface area (Å²) in [6.07, 6.45) is 7.07. The normalized spacial score (nSPS) is 15.2. The van der Waals surface area contributed by atoms with Gasteiger partial charge in [0.25, 0.3) is 5.91 Å². The number of piperidine rings is 1. The third kappa shape index (κ3) is 3.42. The number of likely N-dealkylation sites (tertiary alicyclic amines) is 1. The van der Waals surface area contributed by atoms with E-state index in [0.29, 0.717) is 25.2 Å². The van der Waals surface area contributed by atoms with Crippen LogP contribution in [0.3, 0.4) is 0 Å². The standard InChI is InChI=1S/C19H22N6O2/c1-23-17(12-24-11-8-20-13-24)21-22-18(23)14-6-9-25(10-7-14)19(27)15-4-2-3-5-16(15)26/h2-5,8,11,13-14,26H,6-7,9-10,12H2,1H3. The maximum Gasteiger partial charge on any atom is 0.257 e. The van der Waals surface area contributed by atoms with Gasteiger partial charge in [-0.3, -0.25) is 4.79 Å². The van der Waals surface area contributed by atoms with Crippen LogP contribution in [0.25, 0.3) is 0 Å². The highest BCUT2D eigenvalue weighted by Crippen LogP contribution is 2.28. The molecule has 0 saturated carbocycles. The number of imidazole rings is 1. The first-order valence-corrected chi connectivity index (χ1v) is 9.04. The molecule has 0 aliphatic carbocycles. The van der Waals surface area contributed by atoms with Gasteiger partial charge in [0, 0.05) is 38.4 Å². The molecule has 0 radical (unpaired) electrons. The Bertz CT molecular complexity index is 926. The van der Waals surface area contributed by atoms with E-state index in [2.05, 4.69) is 15.2 Å². The fourth-order valence-corrected chi connectivity index (χ4v) is 3.58. The number of benzene rings is 1. The first kappa shape index (κ1) is 17.3. The fourth-order valence-electron chi connectivity index (χ4n) is 3.58. The van der Waals surface area contributed by atoms with Crippen molar-refractivity contribution in [2.24, 2.45) is 7.05 Å². The van der Waals surface area contributed by atoms with Crippen molar-refractivity contribution in [3.63, 3.8) is 0 Å². The zero-order valence-corrected chi connectivity index (χ0v) is 15.2. The summed E-state index contributed by atoms with van der Waals surface area (Å²) in [4.78, 5) is 18.5. The minimum Gasteiger partial charge on any atom is -0.507 e. The zero-order chi connectivity index (χ0) is 18.8. The Labute approximate surface area is 157 Å². The molecule has 2 aromatic heterocycles. The summed E-state index contributed by atoms with van der Waals surface area (Å²) in [5.74, 6) is 2.02. The molecule has 27 heavy (non-hydrogen) atoms. The van der Waals surface area contributed by atoms with E-state index in [9.17, 15) is 9.90 Å². The van der Waals surface area contributed by atoms with Crippen molar-refractivity contribution >= 4 is 5.91 Å². The summed E-state index contributed by atoms with van der Waals surface area (Å²) >= 11 is 0. The molecule has 1 aliphatic heterocycles. The van der Waals surface area contributed by atoms with Gasteiger partial charge in [-0.1, -0.05) is 12.1 Å². The number of rotatable bonds is 4. The van der Waals surface area contributed by atoms with Crippen LogP contribution in [0.2, 0.25) is 0 Å². The van der Waals surface area contributed by atoms with Crippen LogP contribution in [0.5, 0.6) is 5.75 Å². The number of aromatic nitrogens is 5. The summed E-state index contributed by atoms with van der Waals surface area (Å²) in [7, 11) is 1.99. The number of phenolic OH excluding ortho intramolecular Hbond substituents is 1. The van der Waals surface area contributed by atoms with Gasteiger partial charge in [0.05, 0.1) is 18.4 Å². The third-order valence-electron chi connectivity index (χ3n) is 5.16. The number of phenols is 1. The Balaban J connectivity index is 1.42. The minimum absolute atomic E-state index is 0.0297. The maximum absolute atomic E-state index is 12.6. The van der Waals surface area contributed by atoms with Crippen LogP contribution < -0.4 is 0 Å². The van der Waals surface area contributed by atoms with Crippen molar-refractivity contribution in [2.45, 2.75) is 25.3 Å². The number of amides is 1. The molecule has 3 aromatic rings. The predicted octanol–water partition coefficient (Wildman–Crippen LogP) is 1.79. The second kappa shape index (κ2) is 7.22. The minimum atomic E-state index is -0.120. The molecule has 1 fully saturated rings. The largest absolute Gasteiger partial charge is 0.507 e. The van der Waals surface area contributed by atoms with Crippen LogP contribution in [0.15, 0.2) is 43.0 Å². The lowest BCUT2D eigenvalue weighted by Crippen LogP contribution is -2.38. The summed E-state index contributed by atoms with van der Waals surface area (Å²) in [6.45, 7) is 1.91. The van der Waals surface area contributed by atoms with E-state index >= 15 is 0 Å². The Kier molecular flexibility index (Phi) is 4.62. The van der Waals surface area contributed by atoms with Gasteiger partial charge < -0.3 is 19.1 Å². The van der Waals surface area contributed by atoms with Crippen molar-refractivity contribution in [1.82, 2.24) is 29.2 Å². The Hall–Kier alpha value is -3.16. The van der Waals surface area contributed by atoms with Crippen LogP contribution >= 0.6 is 0 Å². The smallest absolute Gasteiger partial charge is 0.257 e. The van der Waals surface area contributed by atoms with Gasteiger partial charge in [-0.05, 0) is 25.0 Å². The molecule has 0 bridgehead atoms. The van der Waals surface area contributed by atoms with Crippen molar-refractivity contribution in [3.05, 3.63) is 60.2 Å². The molecule has 0 atom stereocenters. The molecule has 4 rings (SSSR count). The average Bonchev–Trinajstić information content (AvgIpc) is 3.33. The number of carbonyl (C=O) groups is 1. The third-order valence-corrected chi connectivity index (χ3v) is 5.16. The number of para-hydroxylation sites is 1. The summed E-state index contributed by atoms with van der Waals surface area (Å²) < 4.78 is 4.01. The maximum atomic E-state index is 12.6. The van der Waals surface area contributed by atoms with Gasteiger partial charge in [0.15, 0.2) is 5.82 Å². The lowest BCUT2D eigenvalue weighted by molar-refractivity contribution is 0.0707. The fraction of sp³-hybridized carbons (Fsp3) is 0.368. The van der Waals surface area contributed by atoms with Gasteiger partial charge in [0.1, 0.15) is 11.6 Å². The molecule has 1 N–H and O–H groups in total. The quantitative estimate of drug-likeness (QED) is 0.760. The van der Waals surface area contributed by atoms with E-state index < -0.39 is 0 Å². The number of hydrogen-bond acceptors (Lipinski definition) is 5. The molecule has 1 amide bonds. The second-order valence-corrected chi connectivity index (χ2v) is 6.85. The van der Waals surface area contributed by atoms with Gasteiger partial charge in [-0.15, -0.1) is 10.2 Å². The number of hydrogen-bond donors (Lipinski definition) is 1. The number of nitrogens with zero attached hydrogens (tertiary/aromatic N) is 6. The topological polar surface area (TPSA) is 89.1 Å². The predicted molar refractivity (Wildman–Crippen MR) is 98.3 cm³/mol. The van der Waals surface area contributed by atoms with Crippen LogP contribution in [-0.4, -0.2) is 53.3 Å². The van der Waals surface area contributed by atoms with Crippen LogP contribution in [0.4, 0.5) is 0 Å². The van der Waals surface area contributed by atoms with Crippen LogP contribution in [-0.2, 0) is 13.6 Å². The first-order valence-electron chi connectivity index (χ1n) is 9.04. The van der Waals surface area contributed by atoms with Crippen molar-refractivity contribution in [2.75, 3.05) is 13.1 Å². The van der Waals surface area contributed by atoms with Crippen molar-refractivity contribution in [3.8, 4) is 5.75 Å². The SMILES string of the molecule is Cn1c(Cn2ccnc2)nnc1C1CCN(C(=O)c2ccccc2O)CC1. The molecular weight excluding hydrogens is 344 g/mol. The summed E-state index contributed by atoms with van der Waals surface area (Å²) in [5.41, 5.74) is 0.359. The van der Waals surface area contributed by atoms with Gasteiger partial charge in [-0.25, -0.2) is 4.98 Å². The van der Waals surface area contributed by atoms with E-state index in [4.69, 9.17) is 0 Å². The van der Waals surface area contributed by atoms with E-state index in [-0.39, 0.29) is 17.6 Å². The lowest BCUT2D eigenvalue weighted by atomic mass is 9.95. The van der Waals surface area contributed by atoms with Crippen LogP contribution in [0.1, 0.15) is 40.8 Å². The Morgan fingerprint density at radius 2 is 2.00 bits per heavy atom. The molecule has 1 aliphatic rings. The summed E-state index contributed by atoms with van der Waals surface area (Å²) in [5, 5.41) is 18.6. The highest BCUT2D eigenvalue weighted by molar-refractivity contribution is 5.96. The Morgan fingerprint density at radius 1 is 1.22 bits per heavy atom. The average molecular weight is 366 g/mol. The summed E-state index contributed by atoms with van der Waals surface area (Å²) in [6, 6.07) is 6.69. The zero-order valence-electron chi connectivity index (χ0n) is 15.2. The Morgan fingerprint density at radius 3 is 2.70 bits per heavy atom. The van der Waals surface area contributed by atoms with Crippen molar-refractivity contribution < 1.29 is 9.90 Å². The molecule has 1 aromatic carbocycles. The molecular formula is C19H22N6O2.